The Bertz CT molecular complexity index is 330. The molecule has 0 spiro atoms. The first-order chi connectivity index (χ1) is 8.29. The summed E-state index contributed by atoms with van der Waals surface area (Å²) in [6.45, 7) is 4.64. The predicted molar refractivity (Wildman–Crippen MR) is 71.9 cm³/mol. The lowest BCUT2D eigenvalue weighted by molar-refractivity contribution is 0.262. The summed E-state index contributed by atoms with van der Waals surface area (Å²) >= 11 is 0. The number of hydrogen-bond acceptors (Lipinski definition) is 3. The summed E-state index contributed by atoms with van der Waals surface area (Å²) in [6, 6.07) is 4.84. The van der Waals surface area contributed by atoms with E-state index in [4.69, 9.17) is 5.73 Å². The minimum Gasteiger partial charge on any atom is -0.397 e. The number of nitrogens with zero attached hydrogens (tertiary/aromatic N) is 2. The fourth-order valence-corrected chi connectivity index (χ4v) is 2.12. The second-order valence-electron chi connectivity index (χ2n) is 4.95. The Morgan fingerprint density at radius 1 is 1.35 bits per heavy atom. The highest BCUT2D eigenvalue weighted by molar-refractivity contribution is 5.34. The average Bonchev–Trinajstić information content (AvgIpc) is 3.16. The Hall–Kier alpha value is -1.09. The summed E-state index contributed by atoms with van der Waals surface area (Å²) in [5.74, 6) is 0. The van der Waals surface area contributed by atoms with Gasteiger partial charge in [-0.1, -0.05) is 13.3 Å². The molecule has 3 nitrogen and oxygen atoms in total. The molecule has 1 aliphatic carbocycles. The van der Waals surface area contributed by atoms with Crippen LogP contribution in [0.25, 0.3) is 0 Å². The van der Waals surface area contributed by atoms with Crippen LogP contribution in [0.4, 0.5) is 5.69 Å². The van der Waals surface area contributed by atoms with Crippen LogP contribution in [0.5, 0.6) is 0 Å². The van der Waals surface area contributed by atoms with Gasteiger partial charge < -0.3 is 5.73 Å². The Morgan fingerprint density at radius 2 is 2.18 bits per heavy atom. The monoisotopic (exact) mass is 233 g/mol. The molecule has 2 N–H and O–H groups in total. The van der Waals surface area contributed by atoms with Gasteiger partial charge in [0.2, 0.25) is 0 Å². The number of aromatic nitrogens is 1. The van der Waals surface area contributed by atoms with Gasteiger partial charge in [0.25, 0.3) is 0 Å². The second-order valence-corrected chi connectivity index (χ2v) is 4.95. The smallest absolute Gasteiger partial charge is 0.0501 e. The van der Waals surface area contributed by atoms with Crippen LogP contribution in [-0.4, -0.2) is 29.0 Å². The van der Waals surface area contributed by atoms with Crippen LogP contribution in [-0.2, 0) is 6.42 Å². The van der Waals surface area contributed by atoms with E-state index < -0.39 is 0 Å². The summed E-state index contributed by atoms with van der Waals surface area (Å²) in [6.07, 6.45) is 8.16. The molecule has 3 heteroatoms. The van der Waals surface area contributed by atoms with Gasteiger partial charge in [-0.25, -0.2) is 0 Å². The molecule has 0 amide bonds. The van der Waals surface area contributed by atoms with Gasteiger partial charge in [0.05, 0.1) is 11.9 Å². The van der Waals surface area contributed by atoms with Gasteiger partial charge in [-0.3, -0.25) is 9.88 Å². The molecule has 2 rings (SSSR count). The zero-order valence-corrected chi connectivity index (χ0v) is 10.7. The van der Waals surface area contributed by atoms with Crippen molar-refractivity contribution >= 4 is 5.69 Å². The van der Waals surface area contributed by atoms with Crippen molar-refractivity contribution in [2.24, 2.45) is 0 Å². The fourth-order valence-electron chi connectivity index (χ4n) is 2.12. The van der Waals surface area contributed by atoms with Crippen LogP contribution in [0.2, 0.25) is 0 Å². The van der Waals surface area contributed by atoms with E-state index in [0.29, 0.717) is 0 Å². The standard InChI is InChI=1S/C14H23N3/c1-2-3-9-17(14-6-7-14)10-8-13-5-4-12(15)11-16-13/h4-5,11,14H,2-3,6-10,15H2,1H3. The van der Waals surface area contributed by atoms with E-state index in [1.54, 1.807) is 6.20 Å². The first-order valence-electron chi connectivity index (χ1n) is 6.74. The van der Waals surface area contributed by atoms with Crippen molar-refractivity contribution in [1.29, 1.82) is 0 Å². The predicted octanol–water partition coefficient (Wildman–Crippen LogP) is 2.47. The lowest BCUT2D eigenvalue weighted by Crippen LogP contribution is -2.29. The molecule has 1 aromatic rings. The number of pyridine rings is 1. The Labute approximate surface area is 104 Å². The van der Waals surface area contributed by atoms with E-state index in [1.165, 1.54) is 32.2 Å². The molecule has 1 aromatic heterocycles. The molecule has 0 aromatic carbocycles. The molecule has 0 saturated heterocycles. The molecule has 0 unspecified atom stereocenters. The summed E-state index contributed by atoms with van der Waals surface area (Å²) in [4.78, 5) is 6.99. The molecule has 0 bridgehead atoms. The van der Waals surface area contributed by atoms with Gasteiger partial charge in [-0.05, 0) is 37.9 Å². The van der Waals surface area contributed by atoms with Gasteiger partial charge >= 0.3 is 0 Å². The number of rotatable bonds is 7. The molecule has 94 valence electrons. The Morgan fingerprint density at radius 3 is 2.76 bits per heavy atom. The summed E-state index contributed by atoms with van der Waals surface area (Å²) in [7, 11) is 0. The normalized spacial score (nSPS) is 15.4. The lowest BCUT2D eigenvalue weighted by atomic mass is 10.2. The summed E-state index contributed by atoms with van der Waals surface area (Å²) in [5.41, 5.74) is 7.54. The summed E-state index contributed by atoms with van der Waals surface area (Å²) < 4.78 is 0. The molecule has 1 heterocycles. The van der Waals surface area contributed by atoms with Crippen molar-refractivity contribution in [3.05, 3.63) is 24.0 Å². The van der Waals surface area contributed by atoms with Crippen molar-refractivity contribution in [1.82, 2.24) is 9.88 Å². The largest absolute Gasteiger partial charge is 0.397 e. The number of hydrogen-bond donors (Lipinski definition) is 1. The summed E-state index contributed by atoms with van der Waals surface area (Å²) in [5, 5.41) is 0. The molecule has 1 saturated carbocycles. The van der Waals surface area contributed by atoms with Crippen molar-refractivity contribution in [3.63, 3.8) is 0 Å². The lowest BCUT2D eigenvalue weighted by Gasteiger charge is -2.21. The van der Waals surface area contributed by atoms with E-state index in [9.17, 15) is 0 Å². The molecule has 0 atom stereocenters. The highest BCUT2D eigenvalue weighted by Crippen LogP contribution is 2.27. The first-order valence-corrected chi connectivity index (χ1v) is 6.74. The van der Waals surface area contributed by atoms with Gasteiger partial charge in [-0.2, -0.15) is 0 Å². The zero-order chi connectivity index (χ0) is 12.1. The van der Waals surface area contributed by atoms with E-state index in [0.717, 1.165) is 30.4 Å². The van der Waals surface area contributed by atoms with Crippen LogP contribution in [0.1, 0.15) is 38.3 Å². The fraction of sp³-hybridized carbons (Fsp3) is 0.643. The van der Waals surface area contributed by atoms with E-state index in [1.807, 2.05) is 12.1 Å². The van der Waals surface area contributed by atoms with Crippen LogP contribution in [0.15, 0.2) is 18.3 Å². The molecular weight excluding hydrogens is 210 g/mol. The van der Waals surface area contributed by atoms with Gasteiger partial charge in [0, 0.05) is 24.7 Å². The van der Waals surface area contributed by atoms with Crippen molar-refractivity contribution in [3.8, 4) is 0 Å². The van der Waals surface area contributed by atoms with Gasteiger partial charge in [-0.15, -0.1) is 0 Å². The van der Waals surface area contributed by atoms with E-state index in [2.05, 4.69) is 16.8 Å². The number of nitrogen functional groups attached to an aromatic ring is 1. The van der Waals surface area contributed by atoms with Crippen molar-refractivity contribution in [2.45, 2.75) is 45.1 Å². The topological polar surface area (TPSA) is 42.1 Å². The van der Waals surface area contributed by atoms with Crippen molar-refractivity contribution in [2.75, 3.05) is 18.8 Å². The molecular formula is C14H23N3. The van der Waals surface area contributed by atoms with Gasteiger partial charge in [0.15, 0.2) is 0 Å². The highest BCUT2D eigenvalue weighted by atomic mass is 15.2. The maximum absolute atomic E-state index is 5.63. The van der Waals surface area contributed by atoms with E-state index in [-0.39, 0.29) is 0 Å². The van der Waals surface area contributed by atoms with Crippen LogP contribution >= 0.6 is 0 Å². The Kier molecular flexibility index (Phi) is 4.37. The third kappa shape index (κ3) is 4.00. The quantitative estimate of drug-likeness (QED) is 0.786. The molecule has 1 fully saturated rings. The minimum atomic E-state index is 0.749. The van der Waals surface area contributed by atoms with Crippen LogP contribution in [0, 0.1) is 0 Å². The number of unbranched alkanes of at least 4 members (excludes halogenated alkanes) is 1. The van der Waals surface area contributed by atoms with Crippen LogP contribution in [0.3, 0.4) is 0 Å². The number of nitrogens with two attached hydrogens (primary N) is 1. The van der Waals surface area contributed by atoms with Crippen LogP contribution < -0.4 is 5.73 Å². The number of anilines is 1. The zero-order valence-electron chi connectivity index (χ0n) is 10.7. The maximum atomic E-state index is 5.63. The third-order valence-electron chi connectivity index (χ3n) is 3.36. The average molecular weight is 233 g/mol. The molecule has 1 aliphatic rings. The van der Waals surface area contributed by atoms with E-state index >= 15 is 0 Å². The van der Waals surface area contributed by atoms with Crippen molar-refractivity contribution < 1.29 is 0 Å². The molecule has 0 radical (unpaired) electrons. The third-order valence-corrected chi connectivity index (χ3v) is 3.36. The Balaban J connectivity index is 1.80. The SMILES string of the molecule is CCCCN(CCc1ccc(N)cn1)C1CC1. The molecule has 17 heavy (non-hydrogen) atoms. The minimum absolute atomic E-state index is 0.749. The molecule has 0 aliphatic heterocycles. The maximum Gasteiger partial charge on any atom is 0.0501 e. The second kappa shape index (κ2) is 6.01. The highest BCUT2D eigenvalue weighted by Gasteiger charge is 2.27. The first kappa shape index (κ1) is 12.4. The van der Waals surface area contributed by atoms with Gasteiger partial charge in [0.1, 0.15) is 0 Å².